The molecule has 0 aromatic rings. The first-order chi connectivity index (χ1) is 6.72. The Kier molecular flexibility index (Phi) is 1.47. The van der Waals surface area contributed by atoms with Crippen LogP contribution in [0.1, 0.15) is 32.1 Å². The molecule has 1 spiro atoms. The zero-order valence-electron chi connectivity index (χ0n) is 8.12. The summed E-state index contributed by atoms with van der Waals surface area (Å²) in [6.45, 7) is 0. The van der Waals surface area contributed by atoms with E-state index in [2.05, 4.69) is 10.5 Å². The molecule has 76 valence electrons. The molecule has 3 aliphatic carbocycles. The number of hydrogen-bond donors (Lipinski definition) is 2. The lowest BCUT2D eigenvalue weighted by Gasteiger charge is -2.10. The van der Waals surface area contributed by atoms with E-state index in [-0.39, 0.29) is 0 Å². The van der Waals surface area contributed by atoms with Crippen LogP contribution in [0.5, 0.6) is 0 Å². The summed E-state index contributed by atoms with van der Waals surface area (Å²) in [4.78, 5) is 10.5. The van der Waals surface area contributed by atoms with E-state index in [9.17, 15) is 4.79 Å². The van der Waals surface area contributed by atoms with Crippen LogP contribution in [-0.4, -0.2) is 11.7 Å². The molecule has 3 N–H and O–H groups in total. The van der Waals surface area contributed by atoms with Crippen LogP contribution in [0, 0.1) is 17.3 Å². The van der Waals surface area contributed by atoms with Crippen LogP contribution >= 0.6 is 0 Å². The van der Waals surface area contributed by atoms with Gasteiger partial charge in [0.05, 0.1) is 0 Å². The van der Waals surface area contributed by atoms with Crippen molar-refractivity contribution in [2.24, 2.45) is 28.1 Å². The fourth-order valence-electron chi connectivity index (χ4n) is 3.62. The second kappa shape index (κ2) is 2.49. The van der Waals surface area contributed by atoms with Crippen molar-refractivity contribution in [3.05, 3.63) is 0 Å². The molecule has 14 heavy (non-hydrogen) atoms. The quantitative estimate of drug-likeness (QED) is 0.604. The fourth-order valence-corrected chi connectivity index (χ4v) is 3.62. The molecule has 4 nitrogen and oxygen atoms in total. The van der Waals surface area contributed by atoms with E-state index in [0.29, 0.717) is 11.3 Å². The number of nitrogens with zero attached hydrogens (tertiary/aromatic N) is 1. The Morgan fingerprint density at radius 2 is 2.50 bits per heavy atom. The van der Waals surface area contributed by atoms with Crippen molar-refractivity contribution in [3.63, 3.8) is 0 Å². The van der Waals surface area contributed by atoms with Crippen LogP contribution in [-0.2, 0) is 0 Å². The largest absolute Gasteiger partial charge is 0.350 e. The Hall–Kier alpha value is -1.06. The Morgan fingerprint density at radius 1 is 1.64 bits per heavy atom. The van der Waals surface area contributed by atoms with E-state index in [1.54, 1.807) is 0 Å². The summed E-state index contributed by atoms with van der Waals surface area (Å²) >= 11 is 0. The van der Waals surface area contributed by atoms with Crippen molar-refractivity contribution in [1.82, 2.24) is 5.43 Å². The number of nitrogens with two attached hydrogens (primary N) is 1. The normalized spacial score (nSPS) is 46.1. The Bertz CT molecular complexity index is 325. The summed E-state index contributed by atoms with van der Waals surface area (Å²) in [7, 11) is 0. The molecule has 3 aliphatic rings. The van der Waals surface area contributed by atoms with Gasteiger partial charge in [-0.25, -0.2) is 10.2 Å². The lowest BCUT2D eigenvalue weighted by molar-refractivity contribution is 0.249. The highest BCUT2D eigenvalue weighted by atomic mass is 16.2. The molecule has 0 bridgehead atoms. The van der Waals surface area contributed by atoms with Crippen molar-refractivity contribution >= 4 is 11.7 Å². The maximum absolute atomic E-state index is 10.5. The summed E-state index contributed by atoms with van der Waals surface area (Å²) in [6.07, 6.45) is 6.50. The molecular formula is C10H15N3O. The van der Waals surface area contributed by atoms with Crippen LogP contribution in [0.15, 0.2) is 5.10 Å². The number of nitrogens with one attached hydrogen (secondary N) is 1. The number of hydrogen-bond acceptors (Lipinski definition) is 2. The van der Waals surface area contributed by atoms with Crippen LogP contribution in [0.4, 0.5) is 4.79 Å². The molecule has 0 heterocycles. The van der Waals surface area contributed by atoms with Gasteiger partial charge in [-0.1, -0.05) is 6.42 Å². The summed E-state index contributed by atoms with van der Waals surface area (Å²) < 4.78 is 0. The molecule has 2 amide bonds. The van der Waals surface area contributed by atoms with Gasteiger partial charge in [0.25, 0.3) is 0 Å². The third-order valence-electron chi connectivity index (χ3n) is 4.29. The zero-order chi connectivity index (χ0) is 9.76. The molecular weight excluding hydrogens is 178 g/mol. The third-order valence-corrected chi connectivity index (χ3v) is 4.29. The molecule has 3 fully saturated rings. The number of rotatable bonds is 1. The molecule has 3 rings (SSSR count). The second-order valence-electron chi connectivity index (χ2n) is 4.86. The smallest absolute Gasteiger partial charge is 0.332 e. The Balaban J connectivity index is 1.75. The van der Waals surface area contributed by atoms with E-state index in [1.165, 1.54) is 31.4 Å². The summed E-state index contributed by atoms with van der Waals surface area (Å²) in [5, 5.41) is 4.11. The van der Waals surface area contributed by atoms with E-state index < -0.39 is 6.03 Å². The number of hydrazone groups is 1. The number of carbonyl (C=O) groups is 1. The zero-order valence-corrected chi connectivity index (χ0v) is 8.12. The van der Waals surface area contributed by atoms with Gasteiger partial charge >= 0.3 is 6.03 Å². The van der Waals surface area contributed by atoms with Gasteiger partial charge in [-0.2, -0.15) is 5.10 Å². The van der Waals surface area contributed by atoms with E-state index in [4.69, 9.17) is 5.73 Å². The van der Waals surface area contributed by atoms with Crippen LogP contribution in [0.25, 0.3) is 0 Å². The molecule has 0 saturated heterocycles. The Labute approximate surface area is 82.9 Å². The van der Waals surface area contributed by atoms with Gasteiger partial charge in [-0.05, 0) is 37.0 Å². The van der Waals surface area contributed by atoms with Gasteiger partial charge in [0.2, 0.25) is 0 Å². The maximum Gasteiger partial charge on any atom is 0.332 e. The lowest BCUT2D eigenvalue weighted by Crippen LogP contribution is -2.26. The first-order valence-corrected chi connectivity index (χ1v) is 5.34. The molecule has 3 saturated carbocycles. The highest BCUT2D eigenvalue weighted by Gasteiger charge is 2.66. The van der Waals surface area contributed by atoms with E-state index >= 15 is 0 Å². The first kappa shape index (κ1) is 8.26. The summed E-state index contributed by atoms with van der Waals surface area (Å²) in [5.74, 6) is 1.52. The molecule has 0 aromatic carbocycles. The third kappa shape index (κ3) is 0.938. The van der Waals surface area contributed by atoms with Gasteiger partial charge in [0, 0.05) is 11.6 Å². The molecule has 3 unspecified atom stereocenters. The standard InChI is InChI=1S/C10H15N3O/c11-9(14)13-12-8-4-6-2-1-3-10(6)5-7(8)10/h6-7H,1-5H2,(H3,11,13,14)/b12-8-. The highest BCUT2D eigenvalue weighted by molar-refractivity contribution is 5.94. The van der Waals surface area contributed by atoms with Gasteiger partial charge < -0.3 is 5.73 Å². The SMILES string of the molecule is NC(=O)N/N=C1/CC2CCCC23CC13. The average Bonchev–Trinajstić information content (AvgIpc) is 2.59. The van der Waals surface area contributed by atoms with E-state index in [0.717, 1.165) is 12.3 Å². The molecule has 0 radical (unpaired) electrons. The van der Waals surface area contributed by atoms with Crippen molar-refractivity contribution < 1.29 is 4.79 Å². The van der Waals surface area contributed by atoms with Gasteiger partial charge in [-0.15, -0.1) is 0 Å². The van der Waals surface area contributed by atoms with Gasteiger partial charge in [-0.3, -0.25) is 0 Å². The molecule has 0 aromatic heterocycles. The molecule has 0 aliphatic heterocycles. The average molecular weight is 193 g/mol. The van der Waals surface area contributed by atoms with Crippen molar-refractivity contribution in [2.75, 3.05) is 0 Å². The van der Waals surface area contributed by atoms with Crippen molar-refractivity contribution in [2.45, 2.75) is 32.1 Å². The number of urea groups is 1. The maximum atomic E-state index is 10.5. The monoisotopic (exact) mass is 193 g/mol. The topological polar surface area (TPSA) is 67.5 Å². The van der Waals surface area contributed by atoms with Crippen molar-refractivity contribution in [1.29, 1.82) is 0 Å². The fraction of sp³-hybridized carbons (Fsp3) is 0.800. The lowest BCUT2D eigenvalue weighted by atomic mass is 9.95. The number of carbonyl (C=O) groups excluding carboxylic acids is 1. The summed E-state index contributed by atoms with van der Waals surface area (Å²) in [6, 6.07) is -0.552. The highest BCUT2D eigenvalue weighted by Crippen LogP contribution is 2.71. The number of amides is 2. The first-order valence-electron chi connectivity index (χ1n) is 5.34. The molecule has 4 heteroatoms. The van der Waals surface area contributed by atoms with Crippen molar-refractivity contribution in [3.8, 4) is 0 Å². The van der Waals surface area contributed by atoms with Crippen LogP contribution in [0.2, 0.25) is 0 Å². The minimum atomic E-state index is -0.552. The predicted octanol–water partition coefficient (Wildman–Crippen LogP) is 1.22. The minimum Gasteiger partial charge on any atom is -0.350 e. The number of primary amides is 1. The van der Waals surface area contributed by atoms with Crippen LogP contribution in [0.3, 0.4) is 0 Å². The Morgan fingerprint density at radius 3 is 3.21 bits per heavy atom. The van der Waals surface area contributed by atoms with E-state index in [1.807, 2.05) is 0 Å². The van der Waals surface area contributed by atoms with Gasteiger partial charge in [0.15, 0.2) is 0 Å². The predicted molar refractivity (Wildman–Crippen MR) is 52.7 cm³/mol. The minimum absolute atomic E-state index is 0.552. The molecule has 3 atom stereocenters. The van der Waals surface area contributed by atoms with Crippen LogP contribution < -0.4 is 11.2 Å². The second-order valence-corrected chi connectivity index (χ2v) is 4.86. The van der Waals surface area contributed by atoms with Gasteiger partial charge in [0.1, 0.15) is 0 Å². The summed E-state index contributed by atoms with van der Waals surface area (Å²) in [5.41, 5.74) is 9.14.